The molecule has 2 N–H and O–H groups in total. The van der Waals surface area contributed by atoms with E-state index < -0.39 is 34.7 Å². The number of piperidine rings is 1. The summed E-state index contributed by atoms with van der Waals surface area (Å²) in [5.41, 5.74) is -1.99. The summed E-state index contributed by atoms with van der Waals surface area (Å²) in [7, 11) is 0. The van der Waals surface area contributed by atoms with E-state index in [9.17, 15) is 37.6 Å². The van der Waals surface area contributed by atoms with E-state index in [2.05, 4.69) is 39.3 Å². The number of halogens is 4. The molecule has 0 bridgehead atoms. The van der Waals surface area contributed by atoms with Gasteiger partial charge in [-0.05, 0) is 114 Å². The number of imide groups is 1. The predicted molar refractivity (Wildman–Crippen MR) is 216 cm³/mol. The molecule has 3 saturated heterocycles. The van der Waals surface area contributed by atoms with Crippen LogP contribution in [0.15, 0.2) is 36.5 Å². The van der Waals surface area contributed by atoms with Crippen LogP contribution in [-0.2, 0) is 30.1 Å². The minimum atomic E-state index is -4.76. The van der Waals surface area contributed by atoms with E-state index in [0.29, 0.717) is 37.3 Å². The summed E-state index contributed by atoms with van der Waals surface area (Å²) in [6.45, 7) is 10.9. The standard InChI is InChI=1S/C40H49F3N8O5S.ClH/c1-24-21-48(22-25(2)49(24)23-35(53)46-33-18-26(14-15-45-33)31-12-13-34(52)47-36(31)54)16-5-17-56-30-10-8-28(9-11-30)51-38(57)50(37(55)39(51,3)4)29-7-6-27(20-44)32(19-29)40(41,42)43;/h6-7,14-15,18-19,24-25,28,30-31H,5,8-13,16-17,21-23H2,1-4H3,(H,45,46,53)(H,47,52,54);1H/t24-,25+,28?,30?,31?;. The number of nitriles is 1. The van der Waals surface area contributed by atoms with Crippen LogP contribution in [0.5, 0.6) is 0 Å². The number of pyridine rings is 1. The number of anilines is 2. The molecule has 13 nitrogen and oxygen atoms in total. The monoisotopic (exact) mass is 846 g/mol. The van der Waals surface area contributed by atoms with Crippen LogP contribution in [0, 0.1) is 11.3 Å². The van der Waals surface area contributed by atoms with Gasteiger partial charge >= 0.3 is 6.18 Å². The number of ether oxygens (including phenoxy) is 1. The normalized spacial score (nSPS) is 25.6. The van der Waals surface area contributed by atoms with Gasteiger partial charge in [0.25, 0.3) is 5.91 Å². The number of nitrogens with one attached hydrogen (secondary N) is 2. The Hall–Kier alpha value is -4.21. The fraction of sp³-hybridized carbons (Fsp3) is 0.575. The van der Waals surface area contributed by atoms with Crippen LogP contribution in [0.2, 0.25) is 0 Å². The van der Waals surface area contributed by atoms with E-state index in [1.807, 2.05) is 4.90 Å². The smallest absolute Gasteiger partial charge is 0.378 e. The maximum atomic E-state index is 13.7. The highest BCUT2D eigenvalue weighted by molar-refractivity contribution is 7.80. The van der Waals surface area contributed by atoms with E-state index in [1.165, 1.54) is 6.07 Å². The molecule has 18 heteroatoms. The van der Waals surface area contributed by atoms with Gasteiger partial charge in [0.15, 0.2) is 5.11 Å². The Balaban J connectivity index is 0.00000641. The van der Waals surface area contributed by atoms with E-state index >= 15 is 0 Å². The number of hydrogen-bond acceptors (Lipinski definition) is 10. The number of nitrogens with zero attached hydrogens (tertiary/aromatic N) is 6. The zero-order valence-electron chi connectivity index (χ0n) is 33.0. The lowest BCUT2D eigenvalue weighted by atomic mass is 9.89. The fourth-order valence-electron chi connectivity index (χ4n) is 8.71. The van der Waals surface area contributed by atoms with Crippen LogP contribution in [0.1, 0.15) is 95.2 Å². The minimum absolute atomic E-state index is 0. The Morgan fingerprint density at radius 3 is 2.40 bits per heavy atom. The molecule has 2 aromatic rings. The first-order chi connectivity index (χ1) is 27.0. The molecule has 4 aliphatic rings. The van der Waals surface area contributed by atoms with Gasteiger partial charge in [-0.25, -0.2) is 4.98 Å². The molecular weight excluding hydrogens is 797 g/mol. The lowest BCUT2D eigenvalue weighted by Gasteiger charge is -2.44. The molecule has 4 heterocycles. The maximum absolute atomic E-state index is 13.7. The van der Waals surface area contributed by atoms with Crippen LogP contribution in [-0.4, -0.2) is 111 Å². The topological polar surface area (TPSA) is 151 Å². The fourth-order valence-corrected chi connectivity index (χ4v) is 9.28. The zero-order chi connectivity index (χ0) is 41.2. The minimum Gasteiger partial charge on any atom is -0.378 e. The van der Waals surface area contributed by atoms with Gasteiger partial charge in [0.05, 0.1) is 41.5 Å². The van der Waals surface area contributed by atoms with E-state index in [0.717, 1.165) is 55.9 Å². The summed E-state index contributed by atoms with van der Waals surface area (Å²) in [6, 6.07) is 8.40. The summed E-state index contributed by atoms with van der Waals surface area (Å²) in [5.74, 6) is -1.32. The molecule has 1 unspecified atom stereocenters. The second-order valence-corrected chi connectivity index (χ2v) is 16.4. The lowest BCUT2D eigenvalue weighted by molar-refractivity contribution is -0.138. The van der Waals surface area contributed by atoms with Crippen LogP contribution >= 0.6 is 24.6 Å². The maximum Gasteiger partial charge on any atom is 0.417 e. The van der Waals surface area contributed by atoms with Crippen molar-refractivity contribution in [2.75, 3.05) is 43.0 Å². The molecule has 4 amide bonds. The number of amides is 4. The van der Waals surface area contributed by atoms with Crippen molar-refractivity contribution < 1.29 is 37.1 Å². The van der Waals surface area contributed by atoms with Crippen molar-refractivity contribution in [3.63, 3.8) is 0 Å². The van der Waals surface area contributed by atoms with E-state index in [1.54, 1.807) is 38.2 Å². The quantitative estimate of drug-likeness (QED) is 0.171. The largest absolute Gasteiger partial charge is 0.417 e. The number of carbonyl (C=O) groups excluding carboxylic acids is 4. The first-order valence-electron chi connectivity index (χ1n) is 19.5. The molecule has 6 rings (SSSR count). The van der Waals surface area contributed by atoms with Crippen molar-refractivity contribution in [2.45, 2.75) is 115 Å². The molecule has 58 heavy (non-hydrogen) atoms. The molecule has 1 saturated carbocycles. The van der Waals surface area contributed by atoms with E-state index in [-0.39, 0.29) is 78.1 Å². The highest BCUT2D eigenvalue weighted by atomic mass is 35.5. The summed E-state index contributed by atoms with van der Waals surface area (Å²) in [5, 5.41) is 14.6. The van der Waals surface area contributed by atoms with Crippen LogP contribution in [0.4, 0.5) is 24.7 Å². The van der Waals surface area contributed by atoms with Gasteiger partial charge in [-0.15, -0.1) is 12.4 Å². The number of alkyl halides is 3. The van der Waals surface area contributed by atoms with Crippen molar-refractivity contribution in [1.82, 2.24) is 25.0 Å². The van der Waals surface area contributed by atoms with Gasteiger partial charge in [-0.3, -0.25) is 34.3 Å². The average molecular weight is 847 g/mol. The van der Waals surface area contributed by atoms with Crippen LogP contribution in [0.3, 0.4) is 0 Å². The Bertz CT molecular complexity index is 1930. The molecule has 0 radical (unpaired) electrons. The molecule has 4 fully saturated rings. The number of rotatable bonds is 11. The third-order valence-corrected chi connectivity index (χ3v) is 12.0. The zero-order valence-corrected chi connectivity index (χ0v) is 34.6. The first kappa shape index (κ1) is 44.9. The van der Waals surface area contributed by atoms with Crippen molar-refractivity contribution in [2.24, 2.45) is 0 Å². The van der Waals surface area contributed by atoms with Crippen molar-refractivity contribution >= 4 is 64.9 Å². The van der Waals surface area contributed by atoms with Gasteiger partial charge < -0.3 is 19.9 Å². The van der Waals surface area contributed by atoms with Gasteiger partial charge in [0, 0.05) is 57.0 Å². The molecule has 1 aromatic carbocycles. The first-order valence-corrected chi connectivity index (χ1v) is 19.9. The SMILES string of the molecule is C[C@@H]1CN(CCCOC2CCC(N3C(=S)N(c4ccc(C#N)c(C(F)(F)F)c4)C(=O)C3(C)C)CC2)C[C@H](C)N1CC(=O)Nc1cc(C2CCC(=O)NC2=O)ccn1.Cl. The van der Waals surface area contributed by atoms with Crippen molar-refractivity contribution in [3.05, 3.63) is 53.2 Å². The molecule has 0 spiro atoms. The Morgan fingerprint density at radius 2 is 1.76 bits per heavy atom. The summed E-state index contributed by atoms with van der Waals surface area (Å²) < 4.78 is 47.5. The highest BCUT2D eigenvalue weighted by Gasteiger charge is 2.52. The molecule has 314 valence electrons. The summed E-state index contributed by atoms with van der Waals surface area (Å²) in [6.07, 6.45) is 1.30. The van der Waals surface area contributed by atoms with Crippen LogP contribution < -0.4 is 15.5 Å². The van der Waals surface area contributed by atoms with Gasteiger partial charge in [0.1, 0.15) is 11.4 Å². The van der Waals surface area contributed by atoms with Gasteiger partial charge in [-0.2, -0.15) is 18.4 Å². The lowest BCUT2D eigenvalue weighted by Crippen LogP contribution is -2.58. The van der Waals surface area contributed by atoms with E-state index in [4.69, 9.17) is 17.0 Å². The average Bonchev–Trinajstić information content (AvgIpc) is 3.33. The number of hydrogen-bond donors (Lipinski definition) is 2. The number of piperazine rings is 1. The van der Waals surface area contributed by atoms with Gasteiger partial charge in [0.2, 0.25) is 17.7 Å². The molecular formula is C40H50ClF3N8O5S. The molecule has 1 aliphatic carbocycles. The van der Waals surface area contributed by atoms with Gasteiger partial charge in [-0.1, -0.05) is 0 Å². The van der Waals surface area contributed by atoms with Crippen molar-refractivity contribution in [1.29, 1.82) is 5.26 Å². The third-order valence-electron chi connectivity index (χ3n) is 11.6. The summed E-state index contributed by atoms with van der Waals surface area (Å²) in [4.78, 5) is 62.4. The molecule has 3 atom stereocenters. The number of thiocarbonyl (C=S) groups is 1. The number of benzene rings is 1. The Labute approximate surface area is 348 Å². The molecule has 1 aromatic heterocycles. The van der Waals surface area contributed by atoms with Crippen LogP contribution in [0.25, 0.3) is 0 Å². The summed E-state index contributed by atoms with van der Waals surface area (Å²) >= 11 is 5.73. The molecule has 3 aliphatic heterocycles. The number of aromatic nitrogens is 1. The van der Waals surface area contributed by atoms with Crippen molar-refractivity contribution in [3.8, 4) is 6.07 Å². The highest BCUT2D eigenvalue weighted by Crippen LogP contribution is 2.41. The Kier molecular flexibility index (Phi) is 14.2. The second kappa shape index (κ2) is 18.4. The Morgan fingerprint density at radius 1 is 1.07 bits per heavy atom. The third kappa shape index (κ3) is 9.79. The second-order valence-electron chi connectivity index (χ2n) is 16.0. The predicted octanol–water partition coefficient (Wildman–Crippen LogP) is 5.38. The number of carbonyl (C=O) groups is 4.